The summed E-state index contributed by atoms with van der Waals surface area (Å²) in [6.07, 6.45) is 1.60. The summed E-state index contributed by atoms with van der Waals surface area (Å²) < 4.78 is 10.6. The van der Waals surface area contributed by atoms with Gasteiger partial charge in [-0.25, -0.2) is 4.98 Å². The average molecular weight is 338 g/mol. The van der Waals surface area contributed by atoms with Crippen molar-refractivity contribution in [1.29, 1.82) is 0 Å². The van der Waals surface area contributed by atoms with E-state index in [0.29, 0.717) is 22.4 Å². The fraction of sp³-hybridized carbons (Fsp3) is 0.118. The SMILES string of the molecule is Cc1ccc(-c2nc(SCc3cc(-c4ccco4)on3)n[nH]2)cc1. The van der Waals surface area contributed by atoms with Crippen molar-refractivity contribution >= 4 is 11.8 Å². The normalized spacial score (nSPS) is 11.0. The van der Waals surface area contributed by atoms with Crippen LogP contribution in [0.25, 0.3) is 22.9 Å². The Balaban J connectivity index is 1.42. The first-order valence-corrected chi connectivity index (χ1v) is 8.38. The summed E-state index contributed by atoms with van der Waals surface area (Å²) in [4.78, 5) is 4.50. The molecule has 7 heteroatoms. The highest BCUT2D eigenvalue weighted by atomic mass is 32.2. The number of nitrogens with one attached hydrogen (secondary N) is 1. The number of benzene rings is 1. The lowest BCUT2D eigenvalue weighted by atomic mass is 10.1. The summed E-state index contributed by atoms with van der Waals surface area (Å²) in [5.74, 6) is 2.66. The minimum absolute atomic E-state index is 0.617. The molecule has 3 heterocycles. The summed E-state index contributed by atoms with van der Waals surface area (Å²) >= 11 is 1.50. The van der Waals surface area contributed by atoms with Gasteiger partial charge in [0.25, 0.3) is 0 Å². The second-order valence-corrected chi connectivity index (χ2v) is 6.22. The van der Waals surface area contributed by atoms with Gasteiger partial charge in [0.1, 0.15) is 0 Å². The van der Waals surface area contributed by atoms with Crippen LogP contribution in [0.15, 0.2) is 62.8 Å². The van der Waals surface area contributed by atoms with E-state index in [2.05, 4.69) is 39.4 Å². The van der Waals surface area contributed by atoms with Crippen molar-refractivity contribution in [3.8, 4) is 22.9 Å². The summed E-state index contributed by atoms with van der Waals surface area (Å²) in [6.45, 7) is 2.06. The number of thioether (sulfide) groups is 1. The fourth-order valence-corrected chi connectivity index (χ4v) is 2.88. The number of aromatic nitrogens is 4. The molecule has 0 aliphatic rings. The quantitative estimate of drug-likeness (QED) is 0.546. The molecule has 120 valence electrons. The predicted octanol–water partition coefficient (Wildman–Crippen LogP) is 4.32. The van der Waals surface area contributed by atoms with E-state index < -0.39 is 0 Å². The lowest BCUT2D eigenvalue weighted by molar-refractivity contribution is 0.413. The molecule has 1 aromatic carbocycles. The zero-order valence-electron chi connectivity index (χ0n) is 12.9. The molecule has 0 amide bonds. The first-order valence-electron chi connectivity index (χ1n) is 7.39. The maximum atomic E-state index is 5.29. The van der Waals surface area contributed by atoms with Crippen LogP contribution in [-0.2, 0) is 5.75 Å². The van der Waals surface area contributed by atoms with Crippen LogP contribution in [0.1, 0.15) is 11.3 Å². The first-order chi connectivity index (χ1) is 11.8. The number of aromatic amines is 1. The van der Waals surface area contributed by atoms with Crippen LogP contribution in [0.2, 0.25) is 0 Å². The van der Waals surface area contributed by atoms with Gasteiger partial charge in [-0.3, -0.25) is 5.10 Å². The molecular weight excluding hydrogens is 324 g/mol. The van der Waals surface area contributed by atoms with Gasteiger partial charge >= 0.3 is 0 Å². The van der Waals surface area contributed by atoms with Crippen LogP contribution >= 0.6 is 11.8 Å². The van der Waals surface area contributed by atoms with E-state index >= 15 is 0 Å². The zero-order chi connectivity index (χ0) is 16.4. The first kappa shape index (κ1) is 14.8. The van der Waals surface area contributed by atoms with Gasteiger partial charge in [-0.15, -0.1) is 5.10 Å². The van der Waals surface area contributed by atoms with E-state index in [0.717, 1.165) is 17.1 Å². The smallest absolute Gasteiger partial charge is 0.209 e. The number of nitrogens with zero attached hydrogens (tertiary/aromatic N) is 3. The van der Waals surface area contributed by atoms with Crippen molar-refractivity contribution in [2.75, 3.05) is 0 Å². The Bertz CT molecular complexity index is 926. The summed E-state index contributed by atoms with van der Waals surface area (Å²) in [6, 6.07) is 13.7. The van der Waals surface area contributed by atoms with Crippen molar-refractivity contribution in [3.63, 3.8) is 0 Å². The van der Waals surface area contributed by atoms with Gasteiger partial charge in [-0.2, -0.15) is 0 Å². The highest BCUT2D eigenvalue weighted by molar-refractivity contribution is 7.98. The van der Waals surface area contributed by atoms with Crippen molar-refractivity contribution in [2.45, 2.75) is 17.8 Å². The molecule has 0 spiro atoms. The maximum Gasteiger partial charge on any atom is 0.209 e. The molecule has 0 bridgehead atoms. The van der Waals surface area contributed by atoms with Gasteiger partial charge in [0.05, 0.1) is 12.0 Å². The van der Waals surface area contributed by atoms with E-state index in [1.165, 1.54) is 17.3 Å². The average Bonchev–Trinajstić information content (AvgIpc) is 3.34. The molecule has 4 aromatic rings. The van der Waals surface area contributed by atoms with Crippen LogP contribution in [0.5, 0.6) is 0 Å². The largest absolute Gasteiger partial charge is 0.461 e. The van der Waals surface area contributed by atoms with E-state index in [9.17, 15) is 0 Å². The van der Waals surface area contributed by atoms with Gasteiger partial charge in [0, 0.05) is 17.4 Å². The highest BCUT2D eigenvalue weighted by Crippen LogP contribution is 2.25. The van der Waals surface area contributed by atoms with Gasteiger partial charge < -0.3 is 8.94 Å². The Labute approximate surface area is 142 Å². The molecule has 0 atom stereocenters. The summed E-state index contributed by atoms with van der Waals surface area (Å²) in [5, 5.41) is 11.9. The predicted molar refractivity (Wildman–Crippen MR) is 90.3 cm³/mol. The van der Waals surface area contributed by atoms with Crippen molar-refractivity contribution in [2.24, 2.45) is 0 Å². The third-order valence-corrected chi connectivity index (χ3v) is 4.34. The molecule has 0 saturated carbocycles. The van der Waals surface area contributed by atoms with Gasteiger partial charge in [0.15, 0.2) is 11.6 Å². The monoisotopic (exact) mass is 338 g/mol. The van der Waals surface area contributed by atoms with E-state index in [1.54, 1.807) is 6.26 Å². The number of H-pyrrole nitrogens is 1. The lowest BCUT2D eigenvalue weighted by Crippen LogP contribution is -1.82. The molecule has 4 rings (SSSR count). The summed E-state index contributed by atoms with van der Waals surface area (Å²) in [7, 11) is 0. The molecule has 24 heavy (non-hydrogen) atoms. The van der Waals surface area contributed by atoms with Crippen molar-refractivity contribution < 1.29 is 8.94 Å². The Morgan fingerprint density at radius 2 is 2.00 bits per heavy atom. The minimum atomic E-state index is 0.617. The van der Waals surface area contributed by atoms with Crippen molar-refractivity contribution in [1.82, 2.24) is 20.3 Å². The third kappa shape index (κ3) is 3.11. The Morgan fingerprint density at radius 3 is 2.79 bits per heavy atom. The minimum Gasteiger partial charge on any atom is -0.461 e. The molecule has 0 aliphatic heterocycles. The highest BCUT2D eigenvalue weighted by Gasteiger charge is 2.11. The molecule has 3 aromatic heterocycles. The van der Waals surface area contributed by atoms with E-state index in [1.807, 2.05) is 30.3 Å². The van der Waals surface area contributed by atoms with Crippen LogP contribution < -0.4 is 0 Å². The molecule has 0 fully saturated rings. The van der Waals surface area contributed by atoms with Crippen LogP contribution in [0.3, 0.4) is 0 Å². The second-order valence-electron chi connectivity index (χ2n) is 5.28. The number of hydrogen-bond acceptors (Lipinski definition) is 6. The molecule has 0 unspecified atom stereocenters. The lowest BCUT2D eigenvalue weighted by Gasteiger charge is -1.96. The number of furan rings is 1. The van der Waals surface area contributed by atoms with Crippen LogP contribution in [0, 0.1) is 6.92 Å². The van der Waals surface area contributed by atoms with Gasteiger partial charge in [0.2, 0.25) is 10.9 Å². The van der Waals surface area contributed by atoms with Crippen molar-refractivity contribution in [3.05, 3.63) is 60.0 Å². The Kier molecular flexibility index (Phi) is 3.92. The molecule has 0 aliphatic carbocycles. The van der Waals surface area contributed by atoms with Crippen LogP contribution in [-0.4, -0.2) is 20.3 Å². The Morgan fingerprint density at radius 1 is 1.12 bits per heavy atom. The zero-order valence-corrected chi connectivity index (χ0v) is 13.7. The van der Waals surface area contributed by atoms with Gasteiger partial charge in [-0.05, 0) is 19.1 Å². The fourth-order valence-electron chi connectivity index (χ4n) is 2.20. The standard InChI is InChI=1S/C17H14N4O2S/c1-11-4-6-12(7-5-11)16-18-17(20-19-16)24-10-13-9-15(23-21-13)14-3-2-8-22-14/h2-9H,10H2,1H3,(H,18,19,20). The molecule has 0 radical (unpaired) electrons. The molecule has 0 saturated heterocycles. The van der Waals surface area contributed by atoms with Crippen LogP contribution in [0.4, 0.5) is 0 Å². The number of hydrogen-bond donors (Lipinski definition) is 1. The molecular formula is C17H14N4O2S. The topological polar surface area (TPSA) is 80.7 Å². The van der Waals surface area contributed by atoms with Gasteiger partial charge in [-0.1, -0.05) is 46.7 Å². The summed E-state index contributed by atoms with van der Waals surface area (Å²) in [5.41, 5.74) is 3.04. The van der Waals surface area contributed by atoms with E-state index in [4.69, 9.17) is 8.94 Å². The third-order valence-electron chi connectivity index (χ3n) is 3.46. The Hall–Kier alpha value is -2.80. The number of aryl methyl sites for hydroxylation is 1. The maximum absolute atomic E-state index is 5.29. The number of rotatable bonds is 5. The molecule has 6 nitrogen and oxygen atoms in total. The second kappa shape index (κ2) is 6.37. The van der Waals surface area contributed by atoms with E-state index in [-0.39, 0.29) is 0 Å². The molecule has 1 N–H and O–H groups in total.